The zero-order valence-electron chi connectivity index (χ0n) is 15.4. The van der Waals surface area contributed by atoms with E-state index < -0.39 is 0 Å². The average Bonchev–Trinajstić information content (AvgIpc) is 2.67. The number of nitrogens with zero attached hydrogens (tertiary/aromatic N) is 1. The van der Waals surface area contributed by atoms with Crippen molar-refractivity contribution in [1.29, 1.82) is 0 Å². The van der Waals surface area contributed by atoms with Crippen molar-refractivity contribution in [3.63, 3.8) is 0 Å². The molecule has 0 fully saturated rings. The number of para-hydroxylation sites is 1. The van der Waals surface area contributed by atoms with Crippen LogP contribution in [0.1, 0.15) is 25.8 Å². The van der Waals surface area contributed by atoms with Crippen LogP contribution in [0.3, 0.4) is 0 Å². The van der Waals surface area contributed by atoms with Crippen molar-refractivity contribution < 1.29 is 9.53 Å². The van der Waals surface area contributed by atoms with E-state index in [-0.39, 0.29) is 5.91 Å². The number of hydrogen-bond donors (Lipinski definition) is 1. The van der Waals surface area contributed by atoms with E-state index in [1.807, 2.05) is 49.0 Å². The zero-order chi connectivity index (χ0) is 18.4. The topological polar surface area (TPSA) is 41.6 Å². The lowest BCUT2D eigenvalue weighted by molar-refractivity contribution is -0.119. The van der Waals surface area contributed by atoms with Crippen molar-refractivity contribution in [1.82, 2.24) is 5.32 Å². The average molecular weight is 371 g/mol. The summed E-state index contributed by atoms with van der Waals surface area (Å²) in [6.45, 7) is 6.67. The predicted molar refractivity (Wildman–Crippen MR) is 108 cm³/mol. The number of amides is 1. The molecule has 2 aromatic rings. The van der Waals surface area contributed by atoms with Gasteiger partial charge in [0.1, 0.15) is 5.75 Å². The molecular weight excluding hydrogens is 344 g/mol. The summed E-state index contributed by atoms with van der Waals surface area (Å²) in [5, 5.41) is 3.56. The molecule has 0 aliphatic carbocycles. The molecule has 0 saturated heterocycles. The van der Waals surface area contributed by atoms with Gasteiger partial charge < -0.3 is 15.0 Å². The quantitative estimate of drug-likeness (QED) is 0.797. The summed E-state index contributed by atoms with van der Waals surface area (Å²) in [5.74, 6) is 0.908. The van der Waals surface area contributed by atoms with Crippen LogP contribution < -0.4 is 15.0 Å². The Morgan fingerprint density at radius 3 is 2.69 bits per heavy atom. The number of fused-ring (bicyclic) bond motifs is 1. The van der Waals surface area contributed by atoms with Crippen LogP contribution in [0.25, 0.3) is 0 Å². The minimum Gasteiger partial charge on any atom is -0.494 e. The van der Waals surface area contributed by atoms with Crippen molar-refractivity contribution in [3.8, 4) is 5.75 Å². The van der Waals surface area contributed by atoms with Crippen LogP contribution in [0.15, 0.2) is 53.4 Å². The maximum absolute atomic E-state index is 12.5. The highest BCUT2D eigenvalue weighted by atomic mass is 32.2. The molecule has 0 aromatic heterocycles. The van der Waals surface area contributed by atoms with E-state index in [2.05, 4.69) is 35.3 Å². The predicted octanol–water partition coefficient (Wildman–Crippen LogP) is 4.09. The van der Waals surface area contributed by atoms with Gasteiger partial charge in [-0.25, -0.2) is 0 Å². The molecule has 1 atom stereocenters. The van der Waals surface area contributed by atoms with Crippen LogP contribution >= 0.6 is 11.8 Å². The van der Waals surface area contributed by atoms with Crippen LogP contribution in [-0.4, -0.2) is 30.9 Å². The van der Waals surface area contributed by atoms with Crippen molar-refractivity contribution >= 4 is 23.4 Å². The highest BCUT2D eigenvalue weighted by Crippen LogP contribution is 2.39. The standard InChI is InChI=1S/C21H26N2O2S/c1-3-18-14-23(19-7-5-6-8-20(19)26-18)15-21(24)22-13-16-9-11-17(12-10-16)25-4-2/h5-12,18H,3-4,13-15H2,1-2H3,(H,22,24). The summed E-state index contributed by atoms with van der Waals surface area (Å²) in [6, 6.07) is 16.2. The molecule has 0 bridgehead atoms. The molecule has 1 unspecified atom stereocenters. The molecule has 4 nitrogen and oxygen atoms in total. The third-order valence-corrected chi connectivity index (χ3v) is 5.85. The third-order valence-electron chi connectivity index (χ3n) is 4.44. The minimum atomic E-state index is 0.0513. The largest absolute Gasteiger partial charge is 0.494 e. The molecule has 1 amide bonds. The van der Waals surface area contributed by atoms with Crippen LogP contribution in [0, 0.1) is 0 Å². The Kier molecular flexibility index (Phi) is 6.45. The Balaban J connectivity index is 1.57. The van der Waals surface area contributed by atoms with Crippen LogP contribution in [0.4, 0.5) is 5.69 Å². The van der Waals surface area contributed by atoms with Crippen molar-refractivity contribution in [2.24, 2.45) is 0 Å². The molecule has 26 heavy (non-hydrogen) atoms. The van der Waals surface area contributed by atoms with Gasteiger partial charge in [0.25, 0.3) is 0 Å². The van der Waals surface area contributed by atoms with Crippen molar-refractivity contribution in [3.05, 3.63) is 54.1 Å². The van der Waals surface area contributed by atoms with E-state index in [1.165, 1.54) is 10.6 Å². The Labute approximate surface area is 159 Å². The first-order valence-corrected chi connectivity index (χ1v) is 10.1. The molecule has 0 spiro atoms. The number of carbonyl (C=O) groups is 1. The van der Waals surface area contributed by atoms with E-state index in [4.69, 9.17) is 4.74 Å². The SMILES string of the molecule is CCOc1ccc(CNC(=O)CN2CC(CC)Sc3ccccc32)cc1. The number of carbonyl (C=O) groups excluding carboxylic acids is 1. The number of nitrogens with one attached hydrogen (secondary N) is 1. The summed E-state index contributed by atoms with van der Waals surface area (Å²) in [5.41, 5.74) is 2.24. The number of ether oxygens (including phenoxy) is 1. The molecule has 2 aromatic carbocycles. The second kappa shape index (κ2) is 8.99. The lowest BCUT2D eigenvalue weighted by Crippen LogP contribution is -2.42. The van der Waals surface area contributed by atoms with E-state index in [0.29, 0.717) is 24.9 Å². The monoisotopic (exact) mass is 370 g/mol. The first-order valence-electron chi connectivity index (χ1n) is 9.18. The number of thioether (sulfide) groups is 1. The molecule has 138 valence electrons. The molecule has 1 heterocycles. The van der Waals surface area contributed by atoms with E-state index in [0.717, 1.165) is 24.3 Å². The highest BCUT2D eigenvalue weighted by molar-refractivity contribution is 8.00. The summed E-state index contributed by atoms with van der Waals surface area (Å²) in [6.07, 6.45) is 1.10. The van der Waals surface area contributed by atoms with Gasteiger partial charge in [-0.1, -0.05) is 31.2 Å². The third kappa shape index (κ3) is 4.73. The lowest BCUT2D eigenvalue weighted by Gasteiger charge is -2.34. The highest BCUT2D eigenvalue weighted by Gasteiger charge is 2.25. The number of anilines is 1. The van der Waals surface area contributed by atoms with Gasteiger partial charge >= 0.3 is 0 Å². The number of hydrogen-bond acceptors (Lipinski definition) is 4. The minimum absolute atomic E-state index is 0.0513. The summed E-state index contributed by atoms with van der Waals surface area (Å²) >= 11 is 1.92. The van der Waals surface area contributed by atoms with Crippen molar-refractivity contribution in [2.75, 3.05) is 24.6 Å². The summed E-state index contributed by atoms with van der Waals surface area (Å²) in [4.78, 5) is 15.9. The van der Waals surface area contributed by atoms with Crippen LogP contribution in [0.2, 0.25) is 0 Å². The van der Waals surface area contributed by atoms with Crippen molar-refractivity contribution in [2.45, 2.75) is 37.0 Å². The lowest BCUT2D eigenvalue weighted by atomic mass is 10.2. The maximum Gasteiger partial charge on any atom is 0.239 e. The smallest absolute Gasteiger partial charge is 0.239 e. The molecule has 3 rings (SSSR count). The van der Waals surface area contributed by atoms with Crippen LogP contribution in [-0.2, 0) is 11.3 Å². The van der Waals surface area contributed by atoms with E-state index in [9.17, 15) is 4.79 Å². The maximum atomic E-state index is 12.5. The van der Waals surface area contributed by atoms with Gasteiger partial charge in [0.2, 0.25) is 5.91 Å². The van der Waals surface area contributed by atoms with Gasteiger partial charge in [0.15, 0.2) is 0 Å². The zero-order valence-corrected chi connectivity index (χ0v) is 16.2. The second-order valence-electron chi connectivity index (χ2n) is 6.35. The fourth-order valence-electron chi connectivity index (χ4n) is 3.04. The van der Waals surface area contributed by atoms with Crippen LogP contribution in [0.5, 0.6) is 5.75 Å². The first kappa shape index (κ1) is 18.6. The molecule has 1 aliphatic heterocycles. The summed E-state index contributed by atoms with van der Waals surface area (Å²) < 4.78 is 5.44. The van der Waals surface area contributed by atoms with Gasteiger partial charge in [-0.15, -0.1) is 11.8 Å². The van der Waals surface area contributed by atoms with Gasteiger partial charge in [0.05, 0.1) is 18.8 Å². The molecule has 1 N–H and O–H groups in total. The molecule has 1 aliphatic rings. The van der Waals surface area contributed by atoms with Gasteiger partial charge in [-0.3, -0.25) is 4.79 Å². The van der Waals surface area contributed by atoms with Gasteiger partial charge in [-0.2, -0.15) is 0 Å². The Morgan fingerprint density at radius 1 is 1.19 bits per heavy atom. The number of rotatable bonds is 7. The summed E-state index contributed by atoms with van der Waals surface area (Å²) in [7, 11) is 0. The fourth-order valence-corrected chi connectivity index (χ4v) is 4.30. The molecule has 0 radical (unpaired) electrons. The molecule has 0 saturated carbocycles. The van der Waals surface area contributed by atoms with E-state index >= 15 is 0 Å². The first-order chi connectivity index (χ1) is 12.7. The number of benzene rings is 2. The van der Waals surface area contributed by atoms with Gasteiger partial charge in [-0.05, 0) is 43.2 Å². The normalized spacial score (nSPS) is 16.1. The Bertz CT molecular complexity index is 733. The fraction of sp³-hybridized carbons (Fsp3) is 0.381. The molecule has 5 heteroatoms. The Hall–Kier alpha value is -2.14. The second-order valence-corrected chi connectivity index (χ2v) is 7.69. The van der Waals surface area contributed by atoms with E-state index in [1.54, 1.807) is 0 Å². The molecular formula is C21H26N2O2S. The van der Waals surface area contributed by atoms with Gasteiger partial charge in [0, 0.05) is 23.2 Å². The Morgan fingerprint density at radius 2 is 1.96 bits per heavy atom.